The van der Waals surface area contributed by atoms with Crippen LogP contribution in [0.1, 0.15) is 47.4 Å². The predicted molar refractivity (Wildman–Crippen MR) is 114 cm³/mol. The average Bonchev–Trinajstić information content (AvgIpc) is 3.06. The van der Waals surface area contributed by atoms with Crippen LogP contribution < -0.4 is 4.57 Å². The predicted octanol–water partition coefficient (Wildman–Crippen LogP) is 3.89. The number of hydrogen-bond acceptors (Lipinski definition) is 3. The van der Waals surface area contributed by atoms with E-state index in [1.54, 1.807) is 4.57 Å². The van der Waals surface area contributed by atoms with Crippen LogP contribution in [0.2, 0.25) is 0 Å². The SMILES string of the molecule is COC(=O)C[n+]1ccc(-c2[nH]c3c(c2Cc2ccccc2)C(=O)CC(C)(C)C3)cc1. The summed E-state index contributed by atoms with van der Waals surface area (Å²) in [6, 6.07) is 14.2. The lowest BCUT2D eigenvalue weighted by molar-refractivity contribution is -0.685. The minimum absolute atomic E-state index is 0.0452. The quantitative estimate of drug-likeness (QED) is 0.519. The van der Waals surface area contributed by atoms with Gasteiger partial charge in [-0.25, -0.2) is 4.79 Å². The molecule has 5 nitrogen and oxygen atoms in total. The van der Waals surface area contributed by atoms with E-state index in [1.807, 2.05) is 42.7 Å². The standard InChI is InChI=1S/C25H26N2O3/c1-25(2)14-20-23(21(28)15-25)19(13-17-7-5-4-6-8-17)24(26-20)18-9-11-27(12-10-18)16-22(29)30-3/h4-12H,13-16H2,1-3H3/p+1. The molecule has 0 spiro atoms. The van der Waals surface area contributed by atoms with E-state index in [0.717, 1.165) is 34.5 Å². The van der Waals surface area contributed by atoms with Gasteiger partial charge in [-0.05, 0) is 23.0 Å². The maximum atomic E-state index is 13.1. The first-order chi connectivity index (χ1) is 14.4. The molecule has 2 heterocycles. The van der Waals surface area contributed by atoms with Crippen LogP contribution in [0.25, 0.3) is 11.3 Å². The van der Waals surface area contributed by atoms with Gasteiger partial charge >= 0.3 is 5.97 Å². The molecule has 3 aromatic rings. The number of methoxy groups -OCH3 is 1. The zero-order valence-corrected chi connectivity index (χ0v) is 17.7. The molecule has 0 aliphatic heterocycles. The molecule has 0 saturated carbocycles. The number of fused-ring (bicyclic) bond motifs is 1. The van der Waals surface area contributed by atoms with Gasteiger partial charge in [0.2, 0.25) is 6.54 Å². The Hall–Kier alpha value is -3.21. The summed E-state index contributed by atoms with van der Waals surface area (Å²) >= 11 is 0. The highest BCUT2D eigenvalue weighted by Gasteiger charge is 2.35. The first-order valence-corrected chi connectivity index (χ1v) is 10.2. The number of hydrogen-bond donors (Lipinski definition) is 1. The summed E-state index contributed by atoms with van der Waals surface area (Å²) in [4.78, 5) is 28.2. The van der Waals surface area contributed by atoms with Gasteiger partial charge in [0, 0.05) is 41.8 Å². The van der Waals surface area contributed by atoms with E-state index in [4.69, 9.17) is 4.74 Å². The number of esters is 1. The zero-order valence-electron chi connectivity index (χ0n) is 17.7. The van der Waals surface area contributed by atoms with Crippen LogP contribution in [-0.2, 0) is 28.9 Å². The maximum absolute atomic E-state index is 13.1. The maximum Gasteiger partial charge on any atom is 0.372 e. The van der Waals surface area contributed by atoms with E-state index in [1.165, 1.54) is 12.7 Å². The Bertz CT molecular complexity index is 1080. The number of ketones is 1. The Balaban J connectivity index is 1.77. The first-order valence-electron chi connectivity index (χ1n) is 10.2. The van der Waals surface area contributed by atoms with Gasteiger partial charge in [-0.15, -0.1) is 0 Å². The lowest BCUT2D eigenvalue weighted by Crippen LogP contribution is -2.37. The number of carbonyl (C=O) groups is 2. The summed E-state index contributed by atoms with van der Waals surface area (Å²) in [5.74, 6) is -0.0768. The molecule has 1 aliphatic carbocycles. The van der Waals surface area contributed by atoms with Gasteiger partial charge in [0.05, 0.1) is 12.8 Å². The summed E-state index contributed by atoms with van der Waals surface area (Å²) in [6.45, 7) is 4.45. The second-order valence-electron chi connectivity index (χ2n) is 8.77. The van der Waals surface area contributed by atoms with Gasteiger partial charge < -0.3 is 9.72 Å². The summed E-state index contributed by atoms with van der Waals surface area (Å²) in [5.41, 5.74) is 6.07. The molecule has 0 fully saturated rings. The van der Waals surface area contributed by atoms with Crippen molar-refractivity contribution in [1.29, 1.82) is 0 Å². The van der Waals surface area contributed by atoms with Crippen molar-refractivity contribution in [1.82, 2.24) is 4.98 Å². The van der Waals surface area contributed by atoms with Crippen LogP contribution in [0.15, 0.2) is 54.9 Å². The Kier molecular flexibility index (Phi) is 5.29. The van der Waals surface area contributed by atoms with Gasteiger partial charge in [0.1, 0.15) is 0 Å². The van der Waals surface area contributed by atoms with Crippen LogP contribution in [0, 0.1) is 5.41 Å². The Morgan fingerprint density at radius 2 is 1.80 bits per heavy atom. The number of carbonyl (C=O) groups excluding carboxylic acids is 2. The fourth-order valence-electron chi connectivity index (χ4n) is 4.30. The van der Waals surface area contributed by atoms with Crippen molar-refractivity contribution in [3.05, 3.63) is 77.2 Å². The second-order valence-corrected chi connectivity index (χ2v) is 8.77. The van der Waals surface area contributed by atoms with Crippen molar-refractivity contribution in [3.63, 3.8) is 0 Å². The Labute approximate surface area is 176 Å². The van der Waals surface area contributed by atoms with E-state index < -0.39 is 0 Å². The lowest BCUT2D eigenvalue weighted by Gasteiger charge is -2.28. The van der Waals surface area contributed by atoms with Gasteiger partial charge in [-0.2, -0.15) is 4.57 Å². The van der Waals surface area contributed by atoms with Crippen LogP contribution in [0.5, 0.6) is 0 Å². The minimum Gasteiger partial charge on any atom is -0.464 e. The van der Waals surface area contributed by atoms with Crippen LogP contribution in [0.4, 0.5) is 0 Å². The molecular weight excluding hydrogens is 376 g/mol. The minimum atomic E-state index is -0.291. The molecule has 1 N–H and O–H groups in total. The van der Waals surface area contributed by atoms with E-state index >= 15 is 0 Å². The van der Waals surface area contributed by atoms with Gasteiger partial charge in [-0.1, -0.05) is 44.2 Å². The molecule has 1 aliphatic rings. The van der Waals surface area contributed by atoms with Crippen molar-refractivity contribution >= 4 is 11.8 Å². The molecule has 154 valence electrons. The molecule has 1 aromatic carbocycles. The molecule has 5 heteroatoms. The molecular formula is C25H27N2O3+. The summed E-state index contributed by atoms with van der Waals surface area (Å²) < 4.78 is 6.52. The summed E-state index contributed by atoms with van der Waals surface area (Å²) in [5, 5.41) is 0. The summed E-state index contributed by atoms with van der Waals surface area (Å²) in [6.07, 6.45) is 5.84. The van der Waals surface area contributed by atoms with Crippen LogP contribution in [-0.4, -0.2) is 23.8 Å². The summed E-state index contributed by atoms with van der Waals surface area (Å²) in [7, 11) is 1.38. The fourth-order valence-corrected chi connectivity index (χ4v) is 4.30. The molecule has 4 rings (SSSR count). The molecule has 0 radical (unpaired) electrons. The number of nitrogens with zero attached hydrogens (tertiary/aromatic N) is 1. The average molecular weight is 404 g/mol. The Morgan fingerprint density at radius 3 is 2.47 bits per heavy atom. The van der Waals surface area contributed by atoms with E-state index in [2.05, 4.69) is 31.0 Å². The number of H-pyrrole nitrogens is 1. The number of aromatic amines is 1. The van der Waals surface area contributed by atoms with E-state index in [9.17, 15) is 9.59 Å². The number of ether oxygens (including phenoxy) is 1. The molecule has 0 amide bonds. The lowest BCUT2D eigenvalue weighted by atomic mass is 9.75. The fraction of sp³-hybridized carbons (Fsp3) is 0.320. The third-order valence-electron chi connectivity index (χ3n) is 5.70. The smallest absolute Gasteiger partial charge is 0.372 e. The molecule has 30 heavy (non-hydrogen) atoms. The van der Waals surface area contributed by atoms with Gasteiger partial charge in [0.25, 0.3) is 0 Å². The second kappa shape index (κ2) is 7.90. The monoisotopic (exact) mass is 403 g/mol. The highest BCUT2D eigenvalue weighted by molar-refractivity contribution is 6.02. The van der Waals surface area contributed by atoms with Crippen molar-refractivity contribution in [3.8, 4) is 11.3 Å². The first kappa shape index (κ1) is 20.1. The molecule has 0 saturated heterocycles. The van der Waals surface area contributed by atoms with Crippen molar-refractivity contribution in [2.24, 2.45) is 5.41 Å². The number of benzene rings is 1. The van der Waals surface area contributed by atoms with Crippen LogP contribution in [0.3, 0.4) is 0 Å². The highest BCUT2D eigenvalue weighted by atomic mass is 16.5. The van der Waals surface area contributed by atoms with E-state index in [-0.39, 0.29) is 23.7 Å². The highest BCUT2D eigenvalue weighted by Crippen LogP contribution is 2.40. The number of rotatable bonds is 5. The topological polar surface area (TPSA) is 63.0 Å². The van der Waals surface area contributed by atoms with Crippen molar-refractivity contribution in [2.75, 3.05) is 7.11 Å². The van der Waals surface area contributed by atoms with Gasteiger partial charge in [0.15, 0.2) is 18.2 Å². The number of aromatic nitrogens is 2. The number of pyridine rings is 1. The molecule has 0 atom stereocenters. The zero-order chi connectivity index (χ0) is 21.3. The molecule has 0 unspecified atom stereocenters. The Morgan fingerprint density at radius 1 is 1.10 bits per heavy atom. The third kappa shape index (κ3) is 4.06. The van der Waals surface area contributed by atoms with Crippen molar-refractivity contribution < 1.29 is 18.9 Å². The van der Waals surface area contributed by atoms with Crippen molar-refractivity contribution in [2.45, 2.75) is 39.7 Å². The molecule has 2 aromatic heterocycles. The largest absolute Gasteiger partial charge is 0.464 e. The van der Waals surface area contributed by atoms with Gasteiger partial charge in [-0.3, -0.25) is 4.79 Å². The number of Topliss-reactive ketones (excluding diaryl/α,β-unsaturated/α-hetero) is 1. The van der Waals surface area contributed by atoms with E-state index in [0.29, 0.717) is 12.8 Å². The third-order valence-corrected chi connectivity index (χ3v) is 5.70. The molecule has 0 bridgehead atoms. The number of nitrogens with one attached hydrogen (secondary N) is 1. The van der Waals surface area contributed by atoms with Crippen LogP contribution >= 0.6 is 0 Å². The normalized spacial score (nSPS) is 15.0.